The fourth-order valence-electron chi connectivity index (χ4n) is 1.20. The summed E-state index contributed by atoms with van der Waals surface area (Å²) in [6.07, 6.45) is 4.33. The SMILES string of the molecule is [B]C1=C(C)C=C[C@H](C)[C@@H]1C. The summed E-state index contributed by atoms with van der Waals surface area (Å²) in [5.41, 5.74) is 2.28. The summed E-state index contributed by atoms with van der Waals surface area (Å²) in [5.74, 6) is 1.12. The van der Waals surface area contributed by atoms with Gasteiger partial charge in [-0.3, -0.25) is 0 Å². The molecule has 1 heteroatoms. The monoisotopic (exact) mass is 132 g/mol. The van der Waals surface area contributed by atoms with Crippen LogP contribution in [0.3, 0.4) is 0 Å². The van der Waals surface area contributed by atoms with E-state index in [1.54, 1.807) is 0 Å². The molecule has 0 aliphatic heterocycles. The largest absolute Gasteiger partial charge is 0.112 e. The van der Waals surface area contributed by atoms with Gasteiger partial charge in [0.05, 0.1) is 0 Å². The van der Waals surface area contributed by atoms with E-state index >= 15 is 0 Å². The van der Waals surface area contributed by atoms with Gasteiger partial charge in [0.2, 0.25) is 0 Å². The van der Waals surface area contributed by atoms with Gasteiger partial charge in [0.25, 0.3) is 0 Å². The maximum atomic E-state index is 5.84. The van der Waals surface area contributed by atoms with Crippen molar-refractivity contribution < 1.29 is 0 Å². The summed E-state index contributed by atoms with van der Waals surface area (Å²) >= 11 is 0. The van der Waals surface area contributed by atoms with Crippen molar-refractivity contribution in [3.05, 3.63) is 23.2 Å². The van der Waals surface area contributed by atoms with Crippen molar-refractivity contribution in [1.29, 1.82) is 0 Å². The zero-order valence-electron chi connectivity index (χ0n) is 6.89. The summed E-state index contributed by atoms with van der Waals surface area (Å²) < 4.78 is 0. The molecule has 0 nitrogen and oxygen atoms in total. The molecule has 0 saturated heterocycles. The van der Waals surface area contributed by atoms with Gasteiger partial charge < -0.3 is 0 Å². The second-order valence-corrected chi connectivity index (χ2v) is 3.15. The van der Waals surface area contributed by atoms with E-state index in [2.05, 4.69) is 32.9 Å². The summed E-state index contributed by atoms with van der Waals surface area (Å²) in [4.78, 5) is 0. The molecular formula is C9H13B. The van der Waals surface area contributed by atoms with Crippen LogP contribution in [0.15, 0.2) is 23.2 Å². The van der Waals surface area contributed by atoms with Crippen molar-refractivity contribution in [2.45, 2.75) is 20.8 Å². The zero-order chi connectivity index (χ0) is 7.72. The molecule has 1 aliphatic rings. The summed E-state index contributed by atoms with van der Waals surface area (Å²) in [6, 6.07) is 0. The summed E-state index contributed by atoms with van der Waals surface area (Å²) in [6.45, 7) is 6.43. The van der Waals surface area contributed by atoms with E-state index in [1.807, 2.05) is 0 Å². The molecule has 0 aromatic rings. The van der Waals surface area contributed by atoms with Crippen LogP contribution in [-0.4, -0.2) is 7.85 Å². The first-order valence-corrected chi connectivity index (χ1v) is 3.77. The van der Waals surface area contributed by atoms with Crippen LogP contribution in [0.4, 0.5) is 0 Å². The Hall–Kier alpha value is -0.455. The third-order valence-corrected chi connectivity index (χ3v) is 2.38. The van der Waals surface area contributed by atoms with Gasteiger partial charge >= 0.3 is 0 Å². The molecule has 0 amide bonds. The van der Waals surface area contributed by atoms with Gasteiger partial charge in [0, 0.05) is 0 Å². The summed E-state index contributed by atoms with van der Waals surface area (Å²) in [7, 11) is 5.84. The lowest BCUT2D eigenvalue weighted by molar-refractivity contribution is 0.538. The number of allylic oxidation sites excluding steroid dienone is 4. The molecule has 0 saturated carbocycles. The Morgan fingerprint density at radius 2 is 2.00 bits per heavy atom. The van der Waals surface area contributed by atoms with E-state index < -0.39 is 0 Å². The smallest absolute Gasteiger partial charge is 0.108 e. The van der Waals surface area contributed by atoms with Crippen LogP contribution in [0.5, 0.6) is 0 Å². The minimum Gasteiger partial charge on any atom is -0.112 e. The van der Waals surface area contributed by atoms with Crippen LogP contribution in [0.1, 0.15) is 20.8 Å². The lowest BCUT2D eigenvalue weighted by Gasteiger charge is -2.23. The number of hydrogen-bond acceptors (Lipinski definition) is 0. The van der Waals surface area contributed by atoms with E-state index in [4.69, 9.17) is 7.85 Å². The van der Waals surface area contributed by atoms with Crippen molar-refractivity contribution in [2.75, 3.05) is 0 Å². The van der Waals surface area contributed by atoms with Gasteiger partial charge in [-0.05, 0) is 18.8 Å². The van der Waals surface area contributed by atoms with E-state index in [9.17, 15) is 0 Å². The molecule has 0 fully saturated rings. The molecule has 0 bridgehead atoms. The lowest BCUT2D eigenvalue weighted by Crippen LogP contribution is -2.13. The third-order valence-electron chi connectivity index (χ3n) is 2.38. The molecule has 2 atom stereocenters. The van der Waals surface area contributed by atoms with Gasteiger partial charge in [-0.1, -0.05) is 31.6 Å². The van der Waals surface area contributed by atoms with Crippen LogP contribution >= 0.6 is 0 Å². The van der Waals surface area contributed by atoms with E-state index in [0.717, 1.165) is 5.47 Å². The van der Waals surface area contributed by atoms with Crippen LogP contribution < -0.4 is 0 Å². The second kappa shape index (κ2) is 2.65. The van der Waals surface area contributed by atoms with Crippen molar-refractivity contribution in [3.8, 4) is 0 Å². The maximum Gasteiger partial charge on any atom is 0.108 e. The highest BCUT2D eigenvalue weighted by molar-refractivity contribution is 6.22. The molecule has 2 radical (unpaired) electrons. The molecular weight excluding hydrogens is 119 g/mol. The quantitative estimate of drug-likeness (QED) is 0.443. The Bertz CT molecular complexity index is 189. The van der Waals surface area contributed by atoms with Gasteiger partial charge in [0.15, 0.2) is 0 Å². The molecule has 52 valence electrons. The Labute approximate surface area is 64.4 Å². The number of hydrogen-bond donors (Lipinski definition) is 0. The molecule has 0 spiro atoms. The van der Waals surface area contributed by atoms with E-state index in [1.165, 1.54) is 5.57 Å². The number of rotatable bonds is 0. The summed E-state index contributed by atoms with van der Waals surface area (Å²) in [5, 5.41) is 0. The molecule has 0 heterocycles. The average molecular weight is 132 g/mol. The van der Waals surface area contributed by atoms with E-state index in [-0.39, 0.29) is 0 Å². The highest BCUT2D eigenvalue weighted by atomic mass is 14.2. The minimum absolute atomic E-state index is 0.519. The van der Waals surface area contributed by atoms with E-state index in [0.29, 0.717) is 11.8 Å². The van der Waals surface area contributed by atoms with Crippen molar-refractivity contribution >= 4 is 7.85 Å². The second-order valence-electron chi connectivity index (χ2n) is 3.15. The predicted molar refractivity (Wildman–Crippen MR) is 45.9 cm³/mol. The highest BCUT2D eigenvalue weighted by Gasteiger charge is 2.14. The molecule has 1 rings (SSSR count). The van der Waals surface area contributed by atoms with Crippen LogP contribution in [0.25, 0.3) is 0 Å². The average Bonchev–Trinajstić information content (AvgIpc) is 1.93. The maximum absolute atomic E-state index is 5.84. The Morgan fingerprint density at radius 3 is 2.50 bits per heavy atom. The first-order valence-electron chi connectivity index (χ1n) is 3.77. The van der Waals surface area contributed by atoms with Crippen molar-refractivity contribution in [1.82, 2.24) is 0 Å². The Kier molecular flexibility index (Phi) is 2.03. The normalized spacial score (nSPS) is 33.1. The topological polar surface area (TPSA) is 0 Å². The first-order chi connectivity index (χ1) is 4.63. The van der Waals surface area contributed by atoms with Crippen molar-refractivity contribution in [3.63, 3.8) is 0 Å². The van der Waals surface area contributed by atoms with Crippen LogP contribution in [0.2, 0.25) is 0 Å². The standard InChI is InChI=1S/C9H13B/c1-6-4-5-7(2)9(10)8(6)3/h4-6,8H,1-3H3/t6-,8-/m0/s1. The molecule has 10 heavy (non-hydrogen) atoms. The zero-order valence-corrected chi connectivity index (χ0v) is 6.89. The van der Waals surface area contributed by atoms with Gasteiger partial charge in [0.1, 0.15) is 7.85 Å². The first kappa shape index (κ1) is 7.65. The fourth-order valence-corrected chi connectivity index (χ4v) is 1.20. The lowest BCUT2D eigenvalue weighted by atomic mass is 9.72. The minimum atomic E-state index is 0.519. The molecule has 0 aromatic carbocycles. The van der Waals surface area contributed by atoms with Crippen LogP contribution in [0, 0.1) is 11.8 Å². The Morgan fingerprint density at radius 1 is 1.40 bits per heavy atom. The van der Waals surface area contributed by atoms with Gasteiger partial charge in [-0.15, -0.1) is 5.47 Å². The predicted octanol–water partition coefficient (Wildman–Crippen LogP) is 2.27. The molecule has 0 aromatic heterocycles. The van der Waals surface area contributed by atoms with Crippen molar-refractivity contribution in [2.24, 2.45) is 11.8 Å². The molecule has 0 unspecified atom stereocenters. The van der Waals surface area contributed by atoms with Gasteiger partial charge in [-0.2, -0.15) is 0 Å². The van der Waals surface area contributed by atoms with Crippen LogP contribution in [-0.2, 0) is 0 Å². The highest BCUT2D eigenvalue weighted by Crippen LogP contribution is 2.26. The Balaban J connectivity index is 2.88. The third kappa shape index (κ3) is 1.18. The fraction of sp³-hybridized carbons (Fsp3) is 0.556. The molecule has 1 aliphatic carbocycles. The molecule has 0 N–H and O–H groups in total. The van der Waals surface area contributed by atoms with Gasteiger partial charge in [-0.25, -0.2) is 0 Å².